The van der Waals surface area contributed by atoms with Crippen molar-refractivity contribution < 1.29 is 4.39 Å². The molecule has 96 valence electrons. The molecule has 1 unspecified atom stereocenters. The van der Waals surface area contributed by atoms with Gasteiger partial charge in [-0.3, -0.25) is 0 Å². The van der Waals surface area contributed by atoms with Gasteiger partial charge in [-0.2, -0.15) is 0 Å². The lowest BCUT2D eigenvalue weighted by Gasteiger charge is -2.06. The molecule has 3 nitrogen and oxygen atoms in total. The topological polar surface area (TPSA) is 30.7 Å². The van der Waals surface area contributed by atoms with E-state index in [0.717, 1.165) is 12.1 Å². The average Bonchev–Trinajstić information content (AvgIpc) is 2.76. The van der Waals surface area contributed by atoms with E-state index in [1.165, 1.54) is 16.8 Å². The summed E-state index contributed by atoms with van der Waals surface area (Å²) < 4.78 is 15.2. The number of halogens is 4. The molecule has 0 radical (unpaired) electrons. The molecule has 0 aliphatic carbocycles. The fourth-order valence-electron chi connectivity index (χ4n) is 1.49. The molecule has 0 spiro atoms. The molecule has 0 saturated heterocycles. The lowest BCUT2D eigenvalue weighted by Crippen LogP contribution is -1.98. The molecule has 18 heavy (non-hydrogen) atoms. The van der Waals surface area contributed by atoms with Crippen molar-refractivity contribution in [2.45, 2.75) is 18.2 Å². The summed E-state index contributed by atoms with van der Waals surface area (Å²) in [6.45, 7) is 2.04. The van der Waals surface area contributed by atoms with Crippen LogP contribution in [0.2, 0.25) is 5.02 Å². The van der Waals surface area contributed by atoms with Gasteiger partial charge in [-0.25, -0.2) is 9.07 Å². The number of rotatable bonds is 3. The summed E-state index contributed by atoms with van der Waals surface area (Å²) in [5.41, 5.74) is 1.39. The largest absolute Gasteiger partial charge is 0.218 e. The van der Waals surface area contributed by atoms with Crippen LogP contribution >= 0.6 is 43.5 Å². The Morgan fingerprint density at radius 2 is 2.22 bits per heavy atom. The summed E-state index contributed by atoms with van der Waals surface area (Å²) in [6.07, 6.45) is 2.67. The van der Waals surface area contributed by atoms with Crippen molar-refractivity contribution in [2.24, 2.45) is 0 Å². The van der Waals surface area contributed by atoms with Gasteiger partial charge < -0.3 is 0 Å². The average molecular weight is 397 g/mol. The van der Waals surface area contributed by atoms with E-state index >= 15 is 0 Å². The van der Waals surface area contributed by atoms with Crippen LogP contribution in [0.5, 0.6) is 0 Å². The zero-order valence-electron chi connectivity index (χ0n) is 9.37. The molecule has 0 amide bonds. The maximum absolute atomic E-state index is 13.1. The Labute approximate surface area is 126 Å². The first-order valence-electron chi connectivity index (χ1n) is 5.24. The van der Waals surface area contributed by atoms with Crippen molar-refractivity contribution >= 4 is 43.5 Å². The van der Waals surface area contributed by atoms with Crippen LogP contribution in [-0.2, 0) is 0 Å². The van der Waals surface area contributed by atoms with Crippen LogP contribution in [0.25, 0.3) is 5.69 Å². The number of nitrogens with zero attached hydrogens (tertiary/aromatic N) is 3. The Bertz CT molecular complexity index is 550. The lowest BCUT2D eigenvalue weighted by atomic mass is 10.2. The zero-order chi connectivity index (χ0) is 13.3. The van der Waals surface area contributed by atoms with E-state index in [9.17, 15) is 4.39 Å². The number of hydrogen-bond donors (Lipinski definition) is 0. The minimum Gasteiger partial charge on any atom is -0.218 e. The number of hydrogen-bond acceptors (Lipinski definition) is 2. The first kappa shape index (κ1) is 14.0. The molecule has 0 bridgehead atoms. The minimum atomic E-state index is -0.400. The van der Waals surface area contributed by atoms with Crippen LogP contribution in [-0.4, -0.2) is 15.0 Å². The molecule has 2 aromatic rings. The van der Waals surface area contributed by atoms with Crippen molar-refractivity contribution in [1.29, 1.82) is 0 Å². The van der Waals surface area contributed by atoms with E-state index in [4.69, 9.17) is 11.6 Å². The Balaban J connectivity index is 2.46. The lowest BCUT2D eigenvalue weighted by molar-refractivity contribution is 0.625. The maximum Gasteiger partial charge on any atom is 0.125 e. The molecule has 1 atom stereocenters. The fourth-order valence-corrected chi connectivity index (χ4v) is 2.72. The highest BCUT2D eigenvalue weighted by Gasteiger charge is 2.15. The molecule has 0 aliphatic heterocycles. The van der Waals surface area contributed by atoms with Gasteiger partial charge >= 0.3 is 0 Å². The summed E-state index contributed by atoms with van der Waals surface area (Å²) in [5, 5.41) is 8.35. The highest BCUT2D eigenvalue weighted by atomic mass is 79.9. The van der Waals surface area contributed by atoms with Gasteiger partial charge in [0.15, 0.2) is 0 Å². The molecule has 0 aliphatic rings. The highest BCUT2D eigenvalue weighted by molar-refractivity contribution is 9.10. The van der Waals surface area contributed by atoms with Crippen LogP contribution in [0.3, 0.4) is 0 Å². The Morgan fingerprint density at radius 1 is 1.50 bits per heavy atom. The maximum atomic E-state index is 13.1. The van der Waals surface area contributed by atoms with E-state index < -0.39 is 5.82 Å². The van der Waals surface area contributed by atoms with Gasteiger partial charge in [0.05, 0.1) is 27.4 Å². The molecule has 0 N–H and O–H groups in total. The van der Waals surface area contributed by atoms with Gasteiger partial charge in [-0.15, -0.1) is 5.10 Å². The summed E-state index contributed by atoms with van der Waals surface area (Å²) in [5.74, 6) is -0.400. The second-order valence-corrected chi connectivity index (χ2v) is 6.05. The van der Waals surface area contributed by atoms with Crippen molar-refractivity contribution in [3.63, 3.8) is 0 Å². The Hall–Kier alpha value is -0.460. The molecular weight excluding hydrogens is 388 g/mol. The normalized spacial score (nSPS) is 12.7. The molecule has 0 saturated carbocycles. The molecule has 1 heterocycles. The van der Waals surface area contributed by atoms with Crippen LogP contribution in [0.4, 0.5) is 4.39 Å². The third-order valence-corrected chi connectivity index (χ3v) is 4.41. The molecule has 1 aromatic heterocycles. The second kappa shape index (κ2) is 5.67. The van der Waals surface area contributed by atoms with Gasteiger partial charge in [0, 0.05) is 4.47 Å². The summed E-state index contributed by atoms with van der Waals surface area (Å²) in [7, 11) is 0. The van der Waals surface area contributed by atoms with Crippen molar-refractivity contribution in [3.05, 3.63) is 39.3 Å². The van der Waals surface area contributed by atoms with Gasteiger partial charge in [-0.05, 0) is 34.5 Å². The Morgan fingerprint density at radius 3 is 2.83 bits per heavy atom. The predicted molar refractivity (Wildman–Crippen MR) is 76.0 cm³/mol. The molecule has 0 fully saturated rings. The molecule has 7 heteroatoms. The third-order valence-electron chi connectivity index (χ3n) is 2.40. The minimum absolute atomic E-state index is 0.143. The monoisotopic (exact) mass is 395 g/mol. The van der Waals surface area contributed by atoms with Crippen LogP contribution in [0.15, 0.2) is 22.8 Å². The van der Waals surface area contributed by atoms with Gasteiger partial charge in [0.25, 0.3) is 0 Å². The second-order valence-electron chi connectivity index (χ2n) is 3.68. The molecule has 2 rings (SSSR count). The number of benzene rings is 1. The van der Waals surface area contributed by atoms with Crippen LogP contribution in [0.1, 0.15) is 23.9 Å². The van der Waals surface area contributed by atoms with Gasteiger partial charge in [-0.1, -0.05) is 39.7 Å². The van der Waals surface area contributed by atoms with E-state index in [1.54, 1.807) is 6.20 Å². The van der Waals surface area contributed by atoms with Crippen molar-refractivity contribution in [3.8, 4) is 5.69 Å². The van der Waals surface area contributed by atoms with Crippen molar-refractivity contribution in [2.75, 3.05) is 0 Å². The molecular formula is C11H9Br2ClFN3. The molecule has 1 aromatic carbocycles. The smallest absolute Gasteiger partial charge is 0.125 e. The quantitative estimate of drug-likeness (QED) is 0.705. The third kappa shape index (κ3) is 2.75. The Kier molecular flexibility index (Phi) is 4.40. The zero-order valence-corrected chi connectivity index (χ0v) is 13.3. The number of alkyl halides is 1. The highest BCUT2D eigenvalue weighted by Crippen LogP contribution is 2.31. The first-order chi connectivity index (χ1) is 8.52. The van der Waals surface area contributed by atoms with E-state index in [2.05, 4.69) is 42.2 Å². The van der Waals surface area contributed by atoms with E-state index in [0.29, 0.717) is 10.2 Å². The van der Waals surface area contributed by atoms with Crippen LogP contribution in [0, 0.1) is 5.82 Å². The fraction of sp³-hybridized carbons (Fsp3) is 0.273. The van der Waals surface area contributed by atoms with Gasteiger partial charge in [0.1, 0.15) is 5.82 Å². The van der Waals surface area contributed by atoms with Crippen LogP contribution < -0.4 is 0 Å². The SMILES string of the molecule is CCC(Br)c1cn(-c2c(Cl)cc(F)cc2Br)nn1. The standard InChI is InChI=1S/C11H9Br2ClFN3/c1-2-7(12)10-5-18(17-16-10)11-8(13)3-6(15)4-9(11)14/h3-5,7H,2H2,1H3. The summed E-state index contributed by atoms with van der Waals surface area (Å²) >= 11 is 12.8. The van der Waals surface area contributed by atoms with Crippen molar-refractivity contribution in [1.82, 2.24) is 15.0 Å². The van der Waals surface area contributed by atoms with E-state index in [1.807, 2.05) is 6.92 Å². The summed E-state index contributed by atoms with van der Waals surface area (Å²) in [6, 6.07) is 2.59. The predicted octanol–water partition coefficient (Wildman–Crippen LogP) is 4.67. The number of aromatic nitrogens is 3. The first-order valence-corrected chi connectivity index (χ1v) is 7.32. The van der Waals surface area contributed by atoms with E-state index in [-0.39, 0.29) is 9.85 Å². The van der Waals surface area contributed by atoms with Gasteiger partial charge in [0.2, 0.25) is 0 Å². The summed E-state index contributed by atoms with van der Waals surface area (Å²) in [4.78, 5) is 0.143.